The summed E-state index contributed by atoms with van der Waals surface area (Å²) in [5.74, 6) is -2.87. The molecule has 0 radical (unpaired) electrons. The lowest BCUT2D eigenvalue weighted by Gasteiger charge is -2.19. The van der Waals surface area contributed by atoms with Gasteiger partial charge in [0.25, 0.3) is 11.5 Å². The van der Waals surface area contributed by atoms with Gasteiger partial charge in [0.05, 0.1) is 6.54 Å². The number of rotatable bonds is 3. The van der Waals surface area contributed by atoms with Crippen molar-refractivity contribution in [2.24, 2.45) is 0 Å². The van der Waals surface area contributed by atoms with E-state index in [-0.39, 0.29) is 15.9 Å². The third-order valence-corrected chi connectivity index (χ3v) is 3.30. The number of nitrogens with zero attached hydrogens (tertiary/aromatic N) is 2. The van der Waals surface area contributed by atoms with Crippen LogP contribution in [0.25, 0.3) is 0 Å². The molecular weight excluding hydrogens is 318 g/mol. The molecule has 0 N–H and O–H groups in total. The minimum absolute atomic E-state index is 0.124. The van der Waals surface area contributed by atoms with Crippen LogP contribution < -0.4 is 5.56 Å². The van der Waals surface area contributed by atoms with Gasteiger partial charge in [-0.3, -0.25) is 9.36 Å². The number of hydrogen-bond acceptors (Lipinski definition) is 2. The molecule has 1 heterocycles. The number of hydrogen-bond donors (Lipinski definition) is 0. The fraction of sp³-hybridized carbons (Fsp3) is 0.231. The summed E-state index contributed by atoms with van der Waals surface area (Å²) in [5.41, 5.74) is -0.635. The van der Waals surface area contributed by atoms with Crippen LogP contribution in [-0.2, 0) is 12.5 Å². The van der Waals surface area contributed by atoms with Crippen molar-refractivity contribution < 1.29 is 8.78 Å². The summed E-state index contributed by atoms with van der Waals surface area (Å²) in [6, 6.07) is 7.42. The molecule has 0 unspecified atom stereocenters. The second-order valence-corrected chi connectivity index (χ2v) is 4.97. The Hall–Kier alpha value is -1.56. The molecule has 0 aliphatic rings. The van der Waals surface area contributed by atoms with Crippen LogP contribution >= 0.6 is 15.9 Å². The van der Waals surface area contributed by atoms with Crippen LogP contribution in [0.5, 0.6) is 0 Å². The summed E-state index contributed by atoms with van der Waals surface area (Å²) in [5, 5.41) is 0. The lowest BCUT2D eigenvalue weighted by atomic mass is 10.1. The predicted octanol–water partition coefficient (Wildman–Crippen LogP) is 3.11. The van der Waals surface area contributed by atoms with E-state index >= 15 is 0 Å². The molecule has 6 heteroatoms. The lowest BCUT2D eigenvalue weighted by molar-refractivity contribution is -0.0240. The molecule has 1 aromatic carbocycles. The predicted molar refractivity (Wildman–Crippen MR) is 71.3 cm³/mol. The lowest BCUT2D eigenvalue weighted by Crippen LogP contribution is -2.32. The van der Waals surface area contributed by atoms with Crippen molar-refractivity contribution in [1.29, 1.82) is 0 Å². The summed E-state index contributed by atoms with van der Waals surface area (Å²) in [4.78, 5) is 15.7. The zero-order valence-corrected chi connectivity index (χ0v) is 11.7. The van der Waals surface area contributed by atoms with Crippen molar-refractivity contribution in [3.8, 4) is 0 Å². The second-order valence-electron chi connectivity index (χ2n) is 4.12. The van der Waals surface area contributed by atoms with Gasteiger partial charge in [-0.15, -0.1) is 0 Å². The first-order valence-electron chi connectivity index (χ1n) is 5.57. The molecule has 1 aromatic heterocycles. The van der Waals surface area contributed by atoms with Crippen LogP contribution in [0.3, 0.4) is 0 Å². The zero-order valence-electron chi connectivity index (χ0n) is 10.1. The van der Waals surface area contributed by atoms with Gasteiger partial charge < -0.3 is 0 Å². The average molecular weight is 329 g/mol. The average Bonchev–Trinajstić information content (AvgIpc) is 2.40. The maximum atomic E-state index is 14.1. The highest BCUT2D eigenvalue weighted by molar-refractivity contribution is 9.10. The van der Waals surface area contributed by atoms with Gasteiger partial charge in [-0.2, -0.15) is 8.78 Å². The third kappa shape index (κ3) is 2.89. The van der Waals surface area contributed by atoms with Crippen molar-refractivity contribution >= 4 is 15.9 Å². The Morgan fingerprint density at radius 1 is 1.32 bits per heavy atom. The Morgan fingerprint density at radius 2 is 1.95 bits per heavy atom. The van der Waals surface area contributed by atoms with Crippen molar-refractivity contribution in [1.82, 2.24) is 9.55 Å². The standard InChI is InChI=1S/C13H11BrF2N2O/c1-9-17-7-11(14)12(19)18(9)8-13(15,16)10-5-3-2-4-6-10/h2-7H,8H2,1H3. The number of aromatic nitrogens is 2. The number of benzene rings is 1. The van der Waals surface area contributed by atoms with Crippen molar-refractivity contribution in [2.45, 2.75) is 19.4 Å². The first-order valence-corrected chi connectivity index (χ1v) is 6.36. The molecule has 0 aliphatic carbocycles. The monoisotopic (exact) mass is 328 g/mol. The molecular formula is C13H11BrF2N2O. The van der Waals surface area contributed by atoms with E-state index in [1.54, 1.807) is 6.07 Å². The molecule has 0 aliphatic heterocycles. The van der Waals surface area contributed by atoms with E-state index < -0.39 is 18.0 Å². The maximum absolute atomic E-state index is 14.1. The Bertz CT molecular complexity index is 641. The smallest absolute Gasteiger partial charge is 0.289 e. The van der Waals surface area contributed by atoms with Gasteiger partial charge >= 0.3 is 0 Å². The highest BCUT2D eigenvalue weighted by Gasteiger charge is 2.33. The van der Waals surface area contributed by atoms with Gasteiger partial charge in [-0.1, -0.05) is 30.3 Å². The van der Waals surface area contributed by atoms with E-state index in [4.69, 9.17) is 0 Å². The second kappa shape index (κ2) is 5.21. The molecule has 0 saturated heterocycles. The summed E-state index contributed by atoms with van der Waals surface area (Å²) in [7, 11) is 0. The highest BCUT2D eigenvalue weighted by atomic mass is 79.9. The van der Waals surface area contributed by atoms with Crippen molar-refractivity contribution in [2.75, 3.05) is 0 Å². The molecule has 2 aromatic rings. The van der Waals surface area contributed by atoms with Gasteiger partial charge in [0, 0.05) is 11.8 Å². The molecule has 0 spiro atoms. The van der Waals surface area contributed by atoms with Crippen LogP contribution in [0.4, 0.5) is 8.78 Å². The molecule has 0 atom stereocenters. The zero-order chi connectivity index (χ0) is 14.0. The van der Waals surface area contributed by atoms with Crippen molar-refractivity contribution in [3.63, 3.8) is 0 Å². The van der Waals surface area contributed by atoms with Gasteiger partial charge in [0.1, 0.15) is 10.3 Å². The molecule has 0 fully saturated rings. The fourth-order valence-electron chi connectivity index (χ4n) is 1.71. The molecule has 2 rings (SSSR count). The van der Waals surface area contributed by atoms with Gasteiger partial charge in [0.15, 0.2) is 0 Å². The van der Waals surface area contributed by atoms with E-state index in [1.165, 1.54) is 37.4 Å². The fourth-order valence-corrected chi connectivity index (χ4v) is 2.03. The van der Waals surface area contributed by atoms with Gasteiger partial charge in [-0.25, -0.2) is 4.98 Å². The minimum Gasteiger partial charge on any atom is -0.289 e. The summed E-state index contributed by atoms with van der Waals surface area (Å²) < 4.78 is 29.4. The first-order chi connectivity index (χ1) is 8.92. The topological polar surface area (TPSA) is 34.9 Å². The Labute approximate surface area is 117 Å². The van der Waals surface area contributed by atoms with E-state index in [1.807, 2.05) is 0 Å². The van der Waals surface area contributed by atoms with Crippen LogP contribution in [-0.4, -0.2) is 9.55 Å². The minimum atomic E-state index is -3.13. The largest absolute Gasteiger partial charge is 0.290 e. The maximum Gasteiger partial charge on any atom is 0.290 e. The quantitative estimate of drug-likeness (QED) is 0.867. The van der Waals surface area contributed by atoms with Crippen molar-refractivity contribution in [3.05, 3.63) is 62.7 Å². The molecule has 3 nitrogen and oxygen atoms in total. The Balaban J connectivity index is 2.42. The van der Waals surface area contributed by atoms with Crippen LogP contribution in [0.15, 0.2) is 45.8 Å². The normalized spacial score (nSPS) is 11.6. The summed E-state index contributed by atoms with van der Waals surface area (Å²) >= 11 is 3.00. The summed E-state index contributed by atoms with van der Waals surface area (Å²) in [6.07, 6.45) is 1.31. The van der Waals surface area contributed by atoms with Gasteiger partial charge in [0.2, 0.25) is 0 Å². The Kier molecular flexibility index (Phi) is 3.80. The molecule has 0 amide bonds. The number of alkyl halides is 2. The summed E-state index contributed by atoms with van der Waals surface area (Å²) in [6.45, 7) is 0.795. The number of halogens is 3. The molecule has 100 valence electrons. The molecule has 19 heavy (non-hydrogen) atoms. The molecule has 0 bridgehead atoms. The van der Waals surface area contributed by atoms with E-state index in [0.29, 0.717) is 0 Å². The van der Waals surface area contributed by atoms with E-state index in [0.717, 1.165) is 4.57 Å². The molecule has 0 saturated carbocycles. The first kappa shape index (κ1) is 13.9. The Morgan fingerprint density at radius 3 is 2.58 bits per heavy atom. The SMILES string of the molecule is Cc1ncc(Br)c(=O)n1CC(F)(F)c1ccccc1. The van der Waals surface area contributed by atoms with E-state index in [9.17, 15) is 13.6 Å². The van der Waals surface area contributed by atoms with E-state index in [2.05, 4.69) is 20.9 Å². The number of aryl methyl sites for hydroxylation is 1. The van der Waals surface area contributed by atoms with Gasteiger partial charge in [-0.05, 0) is 22.9 Å². The highest BCUT2D eigenvalue weighted by Crippen LogP contribution is 2.29. The van der Waals surface area contributed by atoms with Crippen LogP contribution in [0.2, 0.25) is 0 Å². The van der Waals surface area contributed by atoms with Crippen LogP contribution in [0, 0.1) is 6.92 Å². The van der Waals surface area contributed by atoms with Crippen LogP contribution in [0.1, 0.15) is 11.4 Å². The third-order valence-electron chi connectivity index (χ3n) is 2.76.